The fourth-order valence-corrected chi connectivity index (χ4v) is 11.3. The highest BCUT2D eigenvalue weighted by molar-refractivity contribution is 9.10. The zero-order chi connectivity index (χ0) is 79.4. The topological polar surface area (TPSA) is 59.1 Å². The number of aryl methyl sites for hydroxylation is 1. The monoisotopic (exact) mass is 1480 g/mol. The fourth-order valence-electron chi connectivity index (χ4n) is 11.1. The normalized spacial score (nSPS) is 13.9. The predicted octanol–water partition coefficient (Wildman–Crippen LogP) is 30.0. The van der Waals surface area contributed by atoms with Gasteiger partial charge in [-0.3, -0.25) is 4.98 Å². The average molecular weight is 1480 g/mol. The van der Waals surface area contributed by atoms with E-state index in [1.807, 2.05) is 42.6 Å². The molecule has 0 bridgehead atoms. The first-order chi connectivity index (χ1) is 48.3. The summed E-state index contributed by atoms with van der Waals surface area (Å²) in [6.07, 6.45) is 6.97. The number of rotatable bonds is 1. The number of hydrogen-bond acceptors (Lipinski definition) is 3. The van der Waals surface area contributed by atoms with Crippen molar-refractivity contribution in [1.29, 1.82) is 0 Å². The SMILES string of the molecule is CC(C)(C)C1CCC(F)CC1.CC(C)(C)c1ccc(-c2ccccc2)cc1.CC(C)(C)c1ccc(Br)cc1.CC(C)(C)c1ccc(N)cc1.CC(C)(C)c1ccc(O)cc1.CC(C)(C)c1ccc2ccccc2c1.CC(C)(C)c1ccccc1.CC(C)(C)c1cccnc1.Cc1ccc(C(C)(C)C)cc1. The Labute approximate surface area is 649 Å². The lowest BCUT2D eigenvalue weighted by Gasteiger charge is -2.34. The summed E-state index contributed by atoms with van der Waals surface area (Å²) in [7, 11) is 0. The third kappa shape index (κ3) is 36.0. The van der Waals surface area contributed by atoms with E-state index < -0.39 is 6.17 Å². The molecular formula is C100H138BrFN2O. The summed E-state index contributed by atoms with van der Waals surface area (Å²) in [4.78, 5) is 4.05. The molecule has 105 heavy (non-hydrogen) atoms. The molecule has 3 N–H and O–H groups in total. The van der Waals surface area contributed by atoms with Gasteiger partial charge < -0.3 is 10.8 Å². The Morgan fingerprint density at radius 3 is 1.01 bits per heavy atom. The van der Waals surface area contributed by atoms with Gasteiger partial charge >= 0.3 is 0 Å². The first-order valence-corrected chi connectivity index (χ1v) is 38.9. The molecule has 11 rings (SSSR count). The highest BCUT2D eigenvalue weighted by Crippen LogP contribution is 2.39. The molecule has 568 valence electrons. The summed E-state index contributed by atoms with van der Waals surface area (Å²) in [6.45, 7) is 62.0. The van der Waals surface area contributed by atoms with Crippen molar-refractivity contribution in [3.63, 3.8) is 0 Å². The first-order valence-electron chi connectivity index (χ1n) is 38.1. The Morgan fingerprint density at radius 2 is 0.648 bits per heavy atom. The number of benzene rings is 9. The number of anilines is 1. The van der Waals surface area contributed by atoms with Gasteiger partial charge in [0.05, 0.1) is 0 Å². The zero-order valence-corrected chi connectivity index (χ0v) is 72.0. The Kier molecular flexibility index (Phi) is 35.7. The second kappa shape index (κ2) is 40.9. The lowest BCUT2D eigenvalue weighted by atomic mass is 9.72. The third-order valence-corrected chi connectivity index (χ3v) is 19.2. The van der Waals surface area contributed by atoms with Gasteiger partial charge in [0.1, 0.15) is 11.9 Å². The number of hydrogen-bond donors (Lipinski definition) is 2. The molecule has 0 aliphatic heterocycles. The maximum Gasteiger partial charge on any atom is 0.115 e. The summed E-state index contributed by atoms with van der Waals surface area (Å²) in [5, 5.41) is 11.7. The van der Waals surface area contributed by atoms with Crippen molar-refractivity contribution in [2.75, 3.05) is 5.73 Å². The lowest BCUT2D eigenvalue weighted by molar-refractivity contribution is 0.127. The van der Waals surface area contributed by atoms with E-state index in [9.17, 15) is 4.39 Å². The summed E-state index contributed by atoms with van der Waals surface area (Å²) < 4.78 is 13.9. The van der Waals surface area contributed by atoms with Crippen LogP contribution in [0.25, 0.3) is 21.9 Å². The molecule has 0 spiro atoms. The van der Waals surface area contributed by atoms with E-state index >= 15 is 0 Å². The first kappa shape index (κ1) is 91.6. The molecule has 9 aromatic carbocycles. The molecule has 0 unspecified atom stereocenters. The molecule has 0 saturated heterocycles. The van der Waals surface area contributed by atoms with E-state index in [1.54, 1.807) is 18.3 Å². The van der Waals surface area contributed by atoms with Gasteiger partial charge in [0.25, 0.3) is 0 Å². The van der Waals surface area contributed by atoms with Crippen molar-refractivity contribution in [3.8, 4) is 16.9 Å². The van der Waals surface area contributed by atoms with Crippen LogP contribution in [0.5, 0.6) is 5.75 Å². The van der Waals surface area contributed by atoms with Crippen LogP contribution in [0.15, 0.2) is 253 Å². The number of nitrogens with two attached hydrogens (primary N) is 1. The standard InChI is InChI=1S/C16H18.C14H16.C11H16.C10H13Br.C10H19F.C10H15N.C10H14O.C10H14.C9H13N/c1-16(2,3)15-11-9-14(10-12-15)13-7-5-4-6-8-13;1-14(2,3)13-9-8-11-6-4-5-7-12(11)10-13;1-9-5-7-10(8-6-9)11(2,3)4;4*1-10(2,3)8-4-6-9(11)7-5-8;1-10(2,3)9-7-5-4-6-8-9;1-9(2,3)8-5-4-6-10-7-8/h4-12H,1-3H3;4-10H,1-3H3;5-8H,1-4H3;4-7H,1-3H3;8-9H,4-7H2,1-3H3;4-7H,11H2,1-3H3;4-7,11H,1-3H3;4-8H,1-3H3;4-7H,1-3H3. The van der Waals surface area contributed by atoms with Gasteiger partial charge in [-0.15, -0.1) is 0 Å². The lowest BCUT2D eigenvalue weighted by Crippen LogP contribution is -2.26. The molecule has 1 saturated carbocycles. The summed E-state index contributed by atoms with van der Waals surface area (Å²) >= 11 is 3.41. The fraction of sp³-hybridized carbons (Fsp3) is 0.430. The molecule has 0 radical (unpaired) electrons. The molecule has 0 atom stereocenters. The van der Waals surface area contributed by atoms with E-state index in [-0.39, 0.29) is 37.9 Å². The van der Waals surface area contributed by atoms with Gasteiger partial charge in [-0.2, -0.15) is 0 Å². The van der Waals surface area contributed by atoms with Crippen LogP contribution in [0.1, 0.15) is 263 Å². The number of phenolic OH excluding ortho intramolecular Hbond substituents is 1. The molecule has 0 amide bonds. The molecule has 1 aliphatic carbocycles. The minimum atomic E-state index is -0.506. The number of phenols is 1. The zero-order valence-electron chi connectivity index (χ0n) is 70.4. The van der Waals surface area contributed by atoms with E-state index in [0.717, 1.165) is 41.8 Å². The van der Waals surface area contributed by atoms with Crippen LogP contribution < -0.4 is 5.73 Å². The highest BCUT2D eigenvalue weighted by Gasteiger charge is 2.29. The number of halogens is 2. The van der Waals surface area contributed by atoms with Gasteiger partial charge in [0, 0.05) is 22.6 Å². The van der Waals surface area contributed by atoms with Crippen molar-refractivity contribution < 1.29 is 9.50 Å². The second-order valence-corrected chi connectivity index (χ2v) is 38.4. The van der Waals surface area contributed by atoms with Crippen molar-refractivity contribution in [1.82, 2.24) is 4.98 Å². The third-order valence-electron chi connectivity index (χ3n) is 18.7. The van der Waals surface area contributed by atoms with Crippen molar-refractivity contribution in [2.45, 2.75) is 269 Å². The summed E-state index contributed by atoms with van der Waals surface area (Å²) in [5.74, 6) is 1.08. The van der Waals surface area contributed by atoms with Gasteiger partial charge in [-0.1, -0.05) is 403 Å². The Morgan fingerprint density at radius 1 is 0.333 bits per heavy atom. The number of nitrogens with zero attached hydrogens (tertiary/aromatic N) is 1. The number of aromatic nitrogens is 1. The minimum absolute atomic E-state index is 0.174. The van der Waals surface area contributed by atoms with Crippen LogP contribution in [0, 0.1) is 18.3 Å². The quantitative estimate of drug-likeness (QED) is 0.161. The minimum Gasteiger partial charge on any atom is -0.508 e. The maximum atomic E-state index is 12.7. The van der Waals surface area contributed by atoms with Crippen LogP contribution in [-0.4, -0.2) is 16.3 Å². The van der Waals surface area contributed by atoms with Gasteiger partial charge in [-0.05, 0) is 196 Å². The Hall–Kier alpha value is -7.60. The van der Waals surface area contributed by atoms with Crippen LogP contribution in [0.3, 0.4) is 0 Å². The van der Waals surface area contributed by atoms with E-state index in [4.69, 9.17) is 10.8 Å². The highest BCUT2D eigenvalue weighted by atomic mass is 79.9. The molecule has 3 nitrogen and oxygen atoms in total. The molecule has 5 heteroatoms. The Bertz CT molecular complexity index is 3700. The molecule has 1 heterocycles. The number of aromatic hydroxyl groups is 1. The van der Waals surface area contributed by atoms with Crippen LogP contribution in [0.4, 0.5) is 10.1 Å². The molecule has 1 fully saturated rings. The summed E-state index contributed by atoms with van der Waals surface area (Å²) in [5.41, 5.74) is 23.5. The van der Waals surface area contributed by atoms with Crippen molar-refractivity contribution >= 4 is 32.4 Å². The number of fused-ring (bicyclic) bond motifs is 1. The van der Waals surface area contributed by atoms with E-state index in [2.05, 4.69) is 403 Å². The molecule has 1 aromatic heterocycles. The number of alkyl halides is 1. The van der Waals surface area contributed by atoms with E-state index in [1.165, 1.54) is 72.0 Å². The maximum absolute atomic E-state index is 12.7. The second-order valence-electron chi connectivity index (χ2n) is 37.5. The molecular weight excluding hydrogens is 1340 g/mol. The van der Waals surface area contributed by atoms with Crippen molar-refractivity contribution in [3.05, 3.63) is 304 Å². The number of nitrogen functional groups attached to an aromatic ring is 1. The Balaban J connectivity index is 0.000000308. The van der Waals surface area contributed by atoms with Crippen molar-refractivity contribution in [2.24, 2.45) is 11.3 Å². The molecule has 10 aromatic rings. The van der Waals surface area contributed by atoms with Crippen LogP contribution in [-0.2, 0) is 43.3 Å². The van der Waals surface area contributed by atoms with Crippen LogP contribution in [0.2, 0.25) is 0 Å². The molecule has 1 aliphatic rings. The van der Waals surface area contributed by atoms with E-state index in [0.29, 0.717) is 16.6 Å². The summed E-state index contributed by atoms with van der Waals surface area (Å²) in [6, 6.07) is 81.8. The average Bonchev–Trinajstić information content (AvgIpc) is 0.781. The number of pyridine rings is 1. The van der Waals surface area contributed by atoms with Gasteiger partial charge in [0.2, 0.25) is 0 Å². The van der Waals surface area contributed by atoms with Gasteiger partial charge in [-0.25, -0.2) is 4.39 Å². The van der Waals surface area contributed by atoms with Crippen LogP contribution >= 0.6 is 15.9 Å². The predicted molar refractivity (Wildman–Crippen MR) is 467 cm³/mol. The smallest absolute Gasteiger partial charge is 0.115 e. The van der Waals surface area contributed by atoms with Gasteiger partial charge in [0.15, 0.2) is 0 Å². The largest absolute Gasteiger partial charge is 0.508 e.